The lowest BCUT2D eigenvalue weighted by atomic mass is 10.2. The van der Waals surface area contributed by atoms with Crippen LogP contribution in [0.1, 0.15) is 18.9 Å². The number of aryl methyl sites for hydroxylation is 1. The molecule has 0 saturated carbocycles. The van der Waals surface area contributed by atoms with E-state index >= 15 is 0 Å². The molecule has 1 aromatic rings. The lowest BCUT2D eigenvalue weighted by Crippen LogP contribution is -2.18. The average Bonchev–Trinajstić information content (AvgIpc) is 2.22. The summed E-state index contributed by atoms with van der Waals surface area (Å²) in [6.45, 7) is 3.57. The minimum Gasteiger partial charge on any atom is -0.466 e. The fraction of sp³-hybridized carbons (Fsp3) is 0.333. The molecule has 0 saturated heterocycles. The van der Waals surface area contributed by atoms with E-state index in [0.29, 0.717) is 11.3 Å². The third-order valence-corrected chi connectivity index (χ3v) is 2.07. The molecule has 1 rings (SSSR count). The van der Waals surface area contributed by atoms with Crippen molar-refractivity contribution in [2.75, 3.05) is 11.9 Å². The summed E-state index contributed by atoms with van der Waals surface area (Å²) in [6.07, 6.45) is -0.343. The van der Waals surface area contributed by atoms with Crippen molar-refractivity contribution in [1.82, 2.24) is 0 Å². The van der Waals surface area contributed by atoms with Crippen molar-refractivity contribution >= 4 is 17.6 Å². The molecule has 0 atom stereocenters. The molecule has 1 N–H and O–H groups in total. The van der Waals surface area contributed by atoms with Crippen LogP contribution in [0.25, 0.3) is 0 Å². The molecule has 0 radical (unpaired) electrons. The van der Waals surface area contributed by atoms with Gasteiger partial charge in [-0.25, -0.2) is 4.39 Å². The molecule has 0 fully saturated rings. The summed E-state index contributed by atoms with van der Waals surface area (Å²) in [5.41, 5.74) is 1.09. The van der Waals surface area contributed by atoms with Crippen molar-refractivity contribution in [2.45, 2.75) is 20.3 Å². The van der Waals surface area contributed by atoms with Gasteiger partial charge >= 0.3 is 5.97 Å². The standard InChI is InChI=1S/C12H14FNO3/c1-3-17-12(16)7-11(15)14-10-5-4-9(13)6-8(10)2/h4-6H,3,7H2,1-2H3,(H,14,15). The second-order valence-electron chi connectivity index (χ2n) is 3.49. The summed E-state index contributed by atoms with van der Waals surface area (Å²) < 4.78 is 17.4. The molecular formula is C12H14FNO3. The van der Waals surface area contributed by atoms with Gasteiger partial charge in [0.1, 0.15) is 12.2 Å². The first kappa shape index (κ1) is 13.2. The van der Waals surface area contributed by atoms with Crippen LogP contribution in [0.3, 0.4) is 0 Å². The number of benzene rings is 1. The van der Waals surface area contributed by atoms with Gasteiger partial charge in [-0.05, 0) is 37.6 Å². The van der Waals surface area contributed by atoms with Crippen molar-refractivity contribution in [3.8, 4) is 0 Å². The Morgan fingerprint density at radius 3 is 2.71 bits per heavy atom. The van der Waals surface area contributed by atoms with Crippen molar-refractivity contribution in [3.05, 3.63) is 29.6 Å². The first-order valence-electron chi connectivity index (χ1n) is 5.24. The Labute approximate surface area is 98.8 Å². The second-order valence-corrected chi connectivity index (χ2v) is 3.49. The van der Waals surface area contributed by atoms with E-state index < -0.39 is 11.9 Å². The van der Waals surface area contributed by atoms with Crippen LogP contribution in [0.4, 0.5) is 10.1 Å². The normalized spacial score (nSPS) is 9.82. The van der Waals surface area contributed by atoms with Gasteiger partial charge in [-0.2, -0.15) is 0 Å². The zero-order valence-electron chi connectivity index (χ0n) is 9.75. The first-order chi connectivity index (χ1) is 8.02. The van der Waals surface area contributed by atoms with E-state index in [2.05, 4.69) is 10.1 Å². The molecule has 4 nitrogen and oxygen atoms in total. The summed E-state index contributed by atoms with van der Waals surface area (Å²) in [5.74, 6) is -1.42. The highest BCUT2D eigenvalue weighted by atomic mass is 19.1. The highest BCUT2D eigenvalue weighted by Gasteiger charge is 2.11. The maximum absolute atomic E-state index is 12.8. The summed E-state index contributed by atoms with van der Waals surface area (Å²) in [5, 5.41) is 2.52. The summed E-state index contributed by atoms with van der Waals surface area (Å²) in [6, 6.07) is 4.00. The topological polar surface area (TPSA) is 55.4 Å². The number of esters is 1. The molecule has 0 aliphatic heterocycles. The molecule has 1 amide bonds. The van der Waals surface area contributed by atoms with Crippen LogP contribution < -0.4 is 5.32 Å². The van der Waals surface area contributed by atoms with Gasteiger partial charge in [0.05, 0.1) is 6.61 Å². The fourth-order valence-electron chi connectivity index (χ4n) is 1.30. The number of amides is 1. The van der Waals surface area contributed by atoms with E-state index in [1.807, 2.05) is 0 Å². The number of hydrogen-bond donors (Lipinski definition) is 1. The molecular weight excluding hydrogens is 225 g/mol. The molecule has 5 heteroatoms. The van der Waals surface area contributed by atoms with E-state index in [9.17, 15) is 14.0 Å². The van der Waals surface area contributed by atoms with Gasteiger partial charge < -0.3 is 10.1 Å². The Balaban J connectivity index is 2.59. The molecule has 92 valence electrons. The Morgan fingerprint density at radius 2 is 2.12 bits per heavy atom. The van der Waals surface area contributed by atoms with Crippen LogP contribution in [0.2, 0.25) is 0 Å². The van der Waals surface area contributed by atoms with E-state index in [-0.39, 0.29) is 18.8 Å². The van der Waals surface area contributed by atoms with Crippen molar-refractivity contribution in [2.24, 2.45) is 0 Å². The quantitative estimate of drug-likeness (QED) is 0.646. The molecule has 0 heterocycles. The maximum atomic E-state index is 12.8. The number of carbonyl (C=O) groups is 2. The predicted molar refractivity (Wildman–Crippen MR) is 61.0 cm³/mol. The number of nitrogens with one attached hydrogen (secondary N) is 1. The predicted octanol–water partition coefficient (Wildman–Crippen LogP) is 2.03. The zero-order valence-corrected chi connectivity index (χ0v) is 9.75. The Hall–Kier alpha value is -1.91. The Bertz CT molecular complexity index is 432. The van der Waals surface area contributed by atoms with E-state index in [1.54, 1.807) is 13.8 Å². The number of rotatable bonds is 4. The minimum atomic E-state index is -0.579. The minimum absolute atomic E-state index is 0.238. The molecule has 0 bridgehead atoms. The number of halogens is 1. The van der Waals surface area contributed by atoms with Crippen LogP contribution in [-0.2, 0) is 14.3 Å². The highest BCUT2D eigenvalue weighted by molar-refractivity contribution is 6.02. The third-order valence-electron chi connectivity index (χ3n) is 2.07. The van der Waals surface area contributed by atoms with E-state index in [4.69, 9.17) is 0 Å². The molecule has 17 heavy (non-hydrogen) atoms. The Morgan fingerprint density at radius 1 is 1.41 bits per heavy atom. The number of ether oxygens (including phenoxy) is 1. The lowest BCUT2D eigenvalue weighted by Gasteiger charge is -2.07. The van der Waals surface area contributed by atoms with Crippen molar-refractivity contribution < 1.29 is 18.7 Å². The van der Waals surface area contributed by atoms with Gasteiger partial charge in [-0.3, -0.25) is 9.59 Å². The van der Waals surface area contributed by atoms with Crippen molar-refractivity contribution in [1.29, 1.82) is 0 Å². The fourth-order valence-corrected chi connectivity index (χ4v) is 1.30. The number of anilines is 1. The molecule has 1 aromatic carbocycles. The number of hydrogen-bond acceptors (Lipinski definition) is 3. The average molecular weight is 239 g/mol. The van der Waals surface area contributed by atoms with Crippen molar-refractivity contribution in [3.63, 3.8) is 0 Å². The van der Waals surface area contributed by atoms with Crippen LogP contribution in [-0.4, -0.2) is 18.5 Å². The first-order valence-corrected chi connectivity index (χ1v) is 5.24. The zero-order chi connectivity index (χ0) is 12.8. The third kappa shape index (κ3) is 4.22. The highest BCUT2D eigenvalue weighted by Crippen LogP contribution is 2.15. The van der Waals surface area contributed by atoms with Gasteiger partial charge in [0, 0.05) is 5.69 Å². The second kappa shape index (κ2) is 5.98. The summed E-state index contributed by atoms with van der Waals surface area (Å²) >= 11 is 0. The maximum Gasteiger partial charge on any atom is 0.315 e. The summed E-state index contributed by atoms with van der Waals surface area (Å²) in [7, 11) is 0. The van der Waals surface area contributed by atoms with Gasteiger partial charge in [-0.15, -0.1) is 0 Å². The summed E-state index contributed by atoms with van der Waals surface area (Å²) in [4.78, 5) is 22.5. The monoisotopic (exact) mass is 239 g/mol. The number of carbonyl (C=O) groups excluding carboxylic acids is 2. The van der Waals surface area contributed by atoms with Crippen LogP contribution in [0.15, 0.2) is 18.2 Å². The molecule has 0 spiro atoms. The van der Waals surface area contributed by atoms with Crippen LogP contribution in [0, 0.1) is 12.7 Å². The SMILES string of the molecule is CCOC(=O)CC(=O)Nc1ccc(F)cc1C. The lowest BCUT2D eigenvalue weighted by molar-refractivity contribution is -0.145. The van der Waals surface area contributed by atoms with Crippen LogP contribution >= 0.6 is 0 Å². The van der Waals surface area contributed by atoms with Gasteiger partial charge in [0.2, 0.25) is 5.91 Å². The smallest absolute Gasteiger partial charge is 0.315 e. The van der Waals surface area contributed by atoms with Gasteiger partial charge in [0.15, 0.2) is 0 Å². The van der Waals surface area contributed by atoms with E-state index in [0.717, 1.165) is 0 Å². The Kier molecular flexibility index (Phi) is 4.63. The molecule has 0 aromatic heterocycles. The molecule has 0 aliphatic carbocycles. The van der Waals surface area contributed by atoms with Crippen LogP contribution in [0.5, 0.6) is 0 Å². The largest absolute Gasteiger partial charge is 0.466 e. The molecule has 0 unspecified atom stereocenters. The van der Waals surface area contributed by atoms with E-state index in [1.165, 1.54) is 18.2 Å². The molecule has 0 aliphatic rings. The van der Waals surface area contributed by atoms with Gasteiger partial charge in [-0.1, -0.05) is 0 Å². The van der Waals surface area contributed by atoms with Gasteiger partial charge in [0.25, 0.3) is 0 Å².